The molecule has 0 amide bonds. The quantitative estimate of drug-likeness (QED) is 0.0731. The summed E-state index contributed by atoms with van der Waals surface area (Å²) < 4.78 is 12.6. The third kappa shape index (κ3) is 17.7. The van der Waals surface area contributed by atoms with Crippen molar-refractivity contribution in [3.8, 4) is 28.9 Å². The normalized spacial score (nSPS) is 15.0. The molecular weight excluding hydrogens is 1100 g/mol. The van der Waals surface area contributed by atoms with E-state index in [0.29, 0.717) is 29.0 Å². The molecule has 11 rings (SSSR count). The Labute approximate surface area is 476 Å². The van der Waals surface area contributed by atoms with Gasteiger partial charge in [-0.2, -0.15) is 29.2 Å². The van der Waals surface area contributed by atoms with Crippen molar-refractivity contribution in [2.75, 3.05) is 38.7 Å². The van der Waals surface area contributed by atoms with E-state index in [4.69, 9.17) is 78.2 Å². The van der Waals surface area contributed by atoms with E-state index in [0.717, 1.165) is 61.1 Å². The molecule has 4 aliphatic rings. The summed E-state index contributed by atoms with van der Waals surface area (Å²) in [5.41, 5.74) is 8.09. The maximum atomic E-state index is 12.6. The molecule has 0 radical (unpaired) electrons. The zero-order chi connectivity index (χ0) is 55.8. The van der Waals surface area contributed by atoms with Gasteiger partial charge in [0.1, 0.15) is 22.3 Å². The number of aromatic hydroxyl groups is 1. The molecule has 4 N–H and O–H groups in total. The largest absolute Gasteiger partial charge is 0.508 e. The molecule has 0 atom stereocenters. The van der Waals surface area contributed by atoms with Crippen LogP contribution in [0, 0.1) is 0 Å². The number of hydrogen-bond acceptors (Lipinski definition) is 16. The van der Waals surface area contributed by atoms with Crippen molar-refractivity contribution in [1.82, 2.24) is 44.3 Å². The Bertz CT molecular complexity index is 3180. The van der Waals surface area contributed by atoms with Crippen molar-refractivity contribution in [2.45, 2.75) is 76.3 Å². The van der Waals surface area contributed by atoms with Gasteiger partial charge in [0, 0.05) is 56.9 Å². The van der Waals surface area contributed by atoms with E-state index in [-0.39, 0.29) is 32.2 Å². The first-order valence-electron chi connectivity index (χ1n) is 24.9. The van der Waals surface area contributed by atoms with Crippen molar-refractivity contribution in [1.29, 1.82) is 0 Å². The van der Waals surface area contributed by atoms with Crippen molar-refractivity contribution < 1.29 is 24.2 Å². The second-order valence-corrected chi connectivity index (χ2v) is 19.5. The molecule has 0 saturated heterocycles. The number of phenols is 1. The smallest absolute Gasteiger partial charge is 0.373 e. The molecule has 23 heteroatoms. The molecule has 7 heterocycles. The van der Waals surface area contributed by atoms with Crippen LogP contribution >= 0.6 is 58.0 Å². The Hall–Kier alpha value is -6.70. The predicted molar refractivity (Wildman–Crippen MR) is 302 cm³/mol. The highest BCUT2D eigenvalue weighted by molar-refractivity contribution is 6.41. The molecule has 2 aromatic carbocycles. The topological polar surface area (TPSA) is 226 Å². The van der Waals surface area contributed by atoms with Gasteiger partial charge in [-0.3, -0.25) is 19.4 Å². The van der Waals surface area contributed by atoms with Gasteiger partial charge in [-0.1, -0.05) is 89.6 Å². The Balaban J connectivity index is 0.000000173. The summed E-state index contributed by atoms with van der Waals surface area (Å²) in [5, 5.41) is 17.8. The number of nitrogens with two attached hydrogens (primary N) is 1. The number of rotatable bonds is 8. The van der Waals surface area contributed by atoms with Gasteiger partial charge in [0.05, 0.1) is 30.1 Å². The van der Waals surface area contributed by atoms with Gasteiger partial charge < -0.3 is 20.0 Å². The van der Waals surface area contributed by atoms with E-state index in [1.165, 1.54) is 98.1 Å². The second-order valence-electron chi connectivity index (χ2n) is 17.7. The minimum Gasteiger partial charge on any atom is -0.508 e. The molecule has 5 aromatic heterocycles. The molecule has 410 valence electrons. The molecule has 0 spiro atoms. The van der Waals surface area contributed by atoms with Crippen molar-refractivity contribution in [3.63, 3.8) is 0 Å². The molecular formula is C55H58Cl5N11O7. The summed E-state index contributed by atoms with van der Waals surface area (Å²) in [6.07, 6.45) is 20.4. The molecule has 18 nitrogen and oxygen atoms in total. The second kappa shape index (κ2) is 31.6. The van der Waals surface area contributed by atoms with Crippen LogP contribution < -0.4 is 27.1 Å². The number of pyridine rings is 3. The molecule has 0 bridgehead atoms. The first-order valence-corrected chi connectivity index (χ1v) is 26.8. The van der Waals surface area contributed by atoms with Crippen molar-refractivity contribution in [3.05, 3.63) is 191 Å². The Morgan fingerprint density at radius 2 is 1.17 bits per heavy atom. The minimum atomic E-state index is -0.483. The molecule has 78 heavy (non-hydrogen) atoms. The number of nitrogen functional groups attached to an aromatic ring is 1. The van der Waals surface area contributed by atoms with E-state index < -0.39 is 11.1 Å². The fourth-order valence-corrected chi connectivity index (χ4v) is 9.06. The summed E-state index contributed by atoms with van der Waals surface area (Å²) in [7, 11) is 1.45. The van der Waals surface area contributed by atoms with E-state index in [1.54, 1.807) is 61.1 Å². The highest BCUT2D eigenvalue weighted by Gasteiger charge is 2.28. The van der Waals surface area contributed by atoms with Crippen LogP contribution in [-0.4, -0.2) is 101 Å². The fourth-order valence-electron chi connectivity index (χ4n) is 8.55. The van der Waals surface area contributed by atoms with Crippen LogP contribution in [-0.2, 0) is 40.0 Å². The van der Waals surface area contributed by atoms with E-state index in [1.807, 2.05) is 30.3 Å². The SMILES string of the molecule is CO/C(Cl)=C/Cl.NNc1ccccn1.O=C=O.O=c1c(Cl)c(Cl)cnn1-c1ccccn1.O=c1c(Cl)c(Oc2ccc3c(c2)CCN(C2CCC2)CC3)cnn1-c1ccccn1.Oc1ccc2c(c1)CCN(C1CCC1)CC2. The first kappa shape index (κ1) is 60.5. The number of ether oxygens (including phenoxy) is 2. The number of hydrazine groups is 1. The molecule has 2 saturated carbocycles. The lowest BCUT2D eigenvalue weighted by Crippen LogP contribution is -2.41. The highest BCUT2D eigenvalue weighted by Crippen LogP contribution is 2.32. The number of nitrogens with zero attached hydrogens (tertiary/aromatic N) is 9. The van der Waals surface area contributed by atoms with Crippen LogP contribution in [0.25, 0.3) is 11.6 Å². The third-order valence-electron chi connectivity index (χ3n) is 13.0. The summed E-state index contributed by atoms with van der Waals surface area (Å²) in [6, 6.07) is 29.5. The number of carbonyl (C=O) groups excluding carboxylic acids is 2. The predicted octanol–water partition coefficient (Wildman–Crippen LogP) is 10.00. The van der Waals surface area contributed by atoms with Gasteiger partial charge in [0.15, 0.2) is 27.6 Å². The molecule has 7 aromatic rings. The average Bonchev–Trinajstić information content (AvgIpc) is 3.80. The lowest BCUT2D eigenvalue weighted by Gasteiger charge is -2.36. The number of benzene rings is 2. The lowest BCUT2D eigenvalue weighted by molar-refractivity contribution is -0.191. The van der Waals surface area contributed by atoms with Crippen LogP contribution in [0.5, 0.6) is 17.2 Å². The lowest BCUT2D eigenvalue weighted by atomic mass is 9.91. The van der Waals surface area contributed by atoms with Crippen molar-refractivity contribution in [2.24, 2.45) is 5.84 Å². The summed E-state index contributed by atoms with van der Waals surface area (Å²) in [6.45, 7) is 4.58. The summed E-state index contributed by atoms with van der Waals surface area (Å²) in [5.74, 6) is 7.87. The van der Waals surface area contributed by atoms with Crippen LogP contribution in [0.1, 0.15) is 60.8 Å². The van der Waals surface area contributed by atoms with E-state index in [2.05, 4.69) is 63.3 Å². The number of anilines is 1. The van der Waals surface area contributed by atoms with Gasteiger partial charge in [0.25, 0.3) is 11.1 Å². The van der Waals surface area contributed by atoms with Crippen LogP contribution in [0.3, 0.4) is 0 Å². The number of halogens is 5. The highest BCUT2D eigenvalue weighted by atomic mass is 35.5. The summed E-state index contributed by atoms with van der Waals surface area (Å²) >= 11 is 27.8. The Kier molecular flexibility index (Phi) is 24.6. The average molecular weight is 1160 g/mol. The van der Waals surface area contributed by atoms with Gasteiger partial charge in [-0.05, 0) is 146 Å². The molecule has 2 aliphatic carbocycles. The third-order valence-corrected chi connectivity index (χ3v) is 14.7. The maximum Gasteiger partial charge on any atom is 0.373 e. The van der Waals surface area contributed by atoms with E-state index >= 15 is 0 Å². The van der Waals surface area contributed by atoms with Gasteiger partial charge >= 0.3 is 6.15 Å². The van der Waals surface area contributed by atoms with Crippen LogP contribution in [0.15, 0.2) is 142 Å². The zero-order valence-corrected chi connectivity index (χ0v) is 46.3. The number of fused-ring (bicyclic) bond motifs is 2. The molecule has 2 fully saturated rings. The monoisotopic (exact) mass is 1160 g/mol. The Morgan fingerprint density at radius 3 is 1.60 bits per heavy atom. The number of nitrogens with one attached hydrogen (secondary N) is 1. The van der Waals surface area contributed by atoms with Crippen LogP contribution in [0.4, 0.5) is 5.82 Å². The van der Waals surface area contributed by atoms with Gasteiger partial charge in [0.2, 0.25) is 0 Å². The Morgan fingerprint density at radius 1 is 0.679 bits per heavy atom. The number of aromatic nitrogens is 7. The standard InChI is InChI=1S/C23H23ClN4O2.C14H19NO.C9H5Cl2N3O.C5H7N3.C3H4Cl2O.CO2/c24-22-20(15-26-28(23(22)29)21-6-1-2-11-25-21)30-19-8-7-16-9-12-27(18-4-3-5-18)13-10-17(16)14-19;16-14-5-4-11-6-8-15(13-2-1-3-13)9-7-12(11)10-14;10-6-5-13-14(9(15)8(6)11)7-3-1-2-4-12-7;6-8-5-3-1-2-4-7-5;1-6-3(5)2-4;2-1-3/h1-2,6-8,11,14-15,18H,3-5,9-10,12-13H2;4-5,10,13,16H,1-3,6-9H2;1-5H;1-4H,6H2,(H,7,8);2H,1H3;/b;;;;3-2+;. The van der Waals surface area contributed by atoms with E-state index in [9.17, 15) is 14.7 Å². The molecule has 0 unspecified atom stereocenters. The number of methoxy groups -OCH3 is 1. The maximum absolute atomic E-state index is 12.6. The number of phenolic OH excluding ortho intramolecular Hbond substituents is 1. The van der Waals surface area contributed by atoms with Crippen molar-refractivity contribution >= 4 is 70.0 Å². The van der Waals surface area contributed by atoms with Gasteiger partial charge in [-0.25, -0.2) is 20.8 Å². The number of hydrogen-bond donors (Lipinski definition) is 3. The van der Waals surface area contributed by atoms with Gasteiger partial charge in [-0.15, -0.1) is 0 Å². The summed E-state index contributed by atoms with van der Waals surface area (Å²) in [4.78, 5) is 57.8. The molecule has 2 aliphatic heterocycles. The first-order chi connectivity index (χ1) is 37.9. The fraction of sp³-hybridized carbons (Fsp3) is 0.309. The minimum absolute atomic E-state index is 0.0123. The zero-order valence-electron chi connectivity index (χ0n) is 42.6. The van der Waals surface area contributed by atoms with Crippen LogP contribution in [0.2, 0.25) is 15.1 Å².